The SMILES string of the molecule is CCn1cc(N[C@H](C)C(=O)Nc2ccccc2C(C)C)cn1. The van der Waals surface area contributed by atoms with Crippen LogP contribution in [0, 0.1) is 0 Å². The number of anilines is 2. The molecule has 0 aliphatic carbocycles. The predicted octanol–water partition coefficient (Wildman–Crippen LogP) is 3.47. The molecule has 118 valence electrons. The number of aromatic nitrogens is 2. The first-order chi connectivity index (χ1) is 10.5. The van der Waals surface area contributed by atoms with Crippen LogP contribution in [-0.4, -0.2) is 21.7 Å². The second kappa shape index (κ2) is 7.11. The van der Waals surface area contributed by atoms with Crippen LogP contribution in [0.1, 0.15) is 39.2 Å². The van der Waals surface area contributed by atoms with E-state index in [0.717, 1.165) is 23.5 Å². The molecule has 5 nitrogen and oxygen atoms in total. The molecular formula is C17H24N4O. The van der Waals surface area contributed by atoms with Gasteiger partial charge in [-0.25, -0.2) is 0 Å². The zero-order valence-corrected chi connectivity index (χ0v) is 13.6. The molecule has 2 rings (SSSR count). The van der Waals surface area contributed by atoms with Crippen molar-refractivity contribution in [3.63, 3.8) is 0 Å². The minimum absolute atomic E-state index is 0.0580. The van der Waals surface area contributed by atoms with Crippen LogP contribution in [-0.2, 0) is 11.3 Å². The van der Waals surface area contributed by atoms with Gasteiger partial charge in [-0.05, 0) is 31.4 Å². The lowest BCUT2D eigenvalue weighted by atomic mass is 10.0. The topological polar surface area (TPSA) is 59.0 Å². The Bertz CT molecular complexity index is 633. The lowest BCUT2D eigenvalue weighted by Gasteiger charge is -2.17. The molecule has 0 bridgehead atoms. The summed E-state index contributed by atoms with van der Waals surface area (Å²) >= 11 is 0. The summed E-state index contributed by atoms with van der Waals surface area (Å²) in [6, 6.07) is 7.57. The summed E-state index contributed by atoms with van der Waals surface area (Å²) in [7, 11) is 0. The van der Waals surface area contributed by atoms with Gasteiger partial charge in [0, 0.05) is 18.4 Å². The Kier molecular flexibility index (Phi) is 5.20. The maximum atomic E-state index is 12.4. The Labute approximate surface area is 131 Å². The minimum atomic E-state index is -0.338. The second-order valence-corrected chi connectivity index (χ2v) is 5.68. The maximum absolute atomic E-state index is 12.4. The first-order valence-corrected chi connectivity index (χ1v) is 7.70. The molecular weight excluding hydrogens is 276 g/mol. The number of nitrogens with zero attached hydrogens (tertiary/aromatic N) is 2. The van der Waals surface area contributed by atoms with E-state index < -0.39 is 0 Å². The standard InChI is InChI=1S/C17H24N4O/c1-5-21-11-14(10-18-21)19-13(4)17(22)20-16-9-7-6-8-15(16)12(2)3/h6-13,19H,5H2,1-4H3,(H,20,22)/t13-/m1/s1. The Balaban J connectivity index is 2.02. The van der Waals surface area contributed by atoms with E-state index in [0.29, 0.717) is 5.92 Å². The van der Waals surface area contributed by atoms with Gasteiger partial charge in [0.1, 0.15) is 6.04 Å². The van der Waals surface area contributed by atoms with Crippen molar-refractivity contribution in [2.75, 3.05) is 10.6 Å². The van der Waals surface area contributed by atoms with Crippen LogP contribution in [0.3, 0.4) is 0 Å². The molecule has 1 aromatic heterocycles. The molecule has 2 aromatic rings. The van der Waals surface area contributed by atoms with Crippen molar-refractivity contribution in [1.29, 1.82) is 0 Å². The summed E-state index contributed by atoms with van der Waals surface area (Å²) in [6.45, 7) is 8.91. The van der Waals surface area contributed by atoms with Gasteiger partial charge < -0.3 is 10.6 Å². The summed E-state index contributed by atoms with van der Waals surface area (Å²) in [4.78, 5) is 12.4. The van der Waals surface area contributed by atoms with Crippen LogP contribution >= 0.6 is 0 Å². The smallest absolute Gasteiger partial charge is 0.246 e. The highest BCUT2D eigenvalue weighted by Crippen LogP contribution is 2.23. The third kappa shape index (κ3) is 3.87. The molecule has 22 heavy (non-hydrogen) atoms. The molecule has 5 heteroatoms. The predicted molar refractivity (Wildman–Crippen MR) is 90.1 cm³/mol. The van der Waals surface area contributed by atoms with E-state index in [9.17, 15) is 4.79 Å². The quantitative estimate of drug-likeness (QED) is 0.859. The van der Waals surface area contributed by atoms with Crippen molar-refractivity contribution in [3.05, 3.63) is 42.2 Å². The van der Waals surface area contributed by atoms with Gasteiger partial charge in [-0.1, -0.05) is 32.0 Å². The third-order valence-corrected chi connectivity index (χ3v) is 3.57. The Morgan fingerprint density at radius 1 is 1.27 bits per heavy atom. The number of rotatable bonds is 6. The molecule has 1 atom stereocenters. The average Bonchev–Trinajstić information content (AvgIpc) is 2.95. The fourth-order valence-corrected chi connectivity index (χ4v) is 2.28. The maximum Gasteiger partial charge on any atom is 0.246 e. The van der Waals surface area contributed by atoms with E-state index in [4.69, 9.17) is 0 Å². The molecule has 1 aromatic carbocycles. The van der Waals surface area contributed by atoms with Gasteiger partial charge in [0.25, 0.3) is 0 Å². The van der Waals surface area contributed by atoms with E-state index in [-0.39, 0.29) is 11.9 Å². The van der Waals surface area contributed by atoms with Crippen LogP contribution < -0.4 is 10.6 Å². The zero-order chi connectivity index (χ0) is 16.1. The van der Waals surface area contributed by atoms with Crippen molar-refractivity contribution in [3.8, 4) is 0 Å². The number of amides is 1. The zero-order valence-electron chi connectivity index (χ0n) is 13.6. The first-order valence-electron chi connectivity index (χ1n) is 7.70. The van der Waals surface area contributed by atoms with Crippen LogP contribution in [0.25, 0.3) is 0 Å². The highest BCUT2D eigenvalue weighted by atomic mass is 16.2. The third-order valence-electron chi connectivity index (χ3n) is 3.57. The van der Waals surface area contributed by atoms with Gasteiger partial charge in [-0.15, -0.1) is 0 Å². The van der Waals surface area contributed by atoms with Crippen molar-refractivity contribution in [1.82, 2.24) is 9.78 Å². The van der Waals surface area contributed by atoms with E-state index in [1.54, 1.807) is 6.20 Å². The summed E-state index contributed by atoms with van der Waals surface area (Å²) in [6.07, 6.45) is 3.63. The molecule has 0 spiro atoms. The van der Waals surface area contributed by atoms with Crippen molar-refractivity contribution in [2.24, 2.45) is 0 Å². The summed E-state index contributed by atoms with van der Waals surface area (Å²) < 4.78 is 1.82. The molecule has 0 radical (unpaired) electrons. The summed E-state index contributed by atoms with van der Waals surface area (Å²) in [5.41, 5.74) is 2.86. The lowest BCUT2D eigenvalue weighted by Crippen LogP contribution is -2.32. The van der Waals surface area contributed by atoms with Crippen molar-refractivity contribution >= 4 is 17.3 Å². The molecule has 0 aliphatic rings. The number of para-hydroxylation sites is 1. The Morgan fingerprint density at radius 3 is 2.64 bits per heavy atom. The Hall–Kier alpha value is -2.30. The highest BCUT2D eigenvalue weighted by molar-refractivity contribution is 5.96. The second-order valence-electron chi connectivity index (χ2n) is 5.68. The lowest BCUT2D eigenvalue weighted by molar-refractivity contribution is -0.116. The van der Waals surface area contributed by atoms with E-state index >= 15 is 0 Å². The molecule has 0 saturated carbocycles. The minimum Gasteiger partial charge on any atom is -0.371 e. The number of carbonyl (C=O) groups excluding carboxylic acids is 1. The normalized spacial score (nSPS) is 12.2. The molecule has 2 N–H and O–H groups in total. The van der Waals surface area contributed by atoms with E-state index in [2.05, 4.69) is 29.6 Å². The number of benzene rings is 1. The number of hydrogen-bond acceptors (Lipinski definition) is 3. The van der Waals surface area contributed by atoms with Crippen molar-refractivity contribution in [2.45, 2.75) is 46.2 Å². The number of aryl methyl sites for hydroxylation is 1. The van der Waals surface area contributed by atoms with E-state index in [1.807, 2.05) is 49.0 Å². The number of carbonyl (C=O) groups is 1. The van der Waals surface area contributed by atoms with Gasteiger partial charge in [0.2, 0.25) is 5.91 Å². The number of nitrogens with one attached hydrogen (secondary N) is 2. The monoisotopic (exact) mass is 300 g/mol. The van der Waals surface area contributed by atoms with Crippen LogP contribution in [0.4, 0.5) is 11.4 Å². The van der Waals surface area contributed by atoms with E-state index in [1.165, 1.54) is 0 Å². The van der Waals surface area contributed by atoms with Gasteiger partial charge in [-0.3, -0.25) is 9.48 Å². The highest BCUT2D eigenvalue weighted by Gasteiger charge is 2.15. The molecule has 1 heterocycles. The molecule has 0 aliphatic heterocycles. The fourth-order valence-electron chi connectivity index (χ4n) is 2.28. The van der Waals surface area contributed by atoms with Crippen LogP contribution in [0.2, 0.25) is 0 Å². The van der Waals surface area contributed by atoms with Gasteiger partial charge in [-0.2, -0.15) is 5.10 Å². The fraction of sp³-hybridized carbons (Fsp3) is 0.412. The van der Waals surface area contributed by atoms with Crippen LogP contribution in [0.15, 0.2) is 36.7 Å². The number of hydrogen-bond donors (Lipinski definition) is 2. The van der Waals surface area contributed by atoms with Gasteiger partial charge >= 0.3 is 0 Å². The largest absolute Gasteiger partial charge is 0.371 e. The molecule has 0 unspecified atom stereocenters. The summed E-state index contributed by atoms with van der Waals surface area (Å²) in [5.74, 6) is 0.305. The molecule has 1 amide bonds. The van der Waals surface area contributed by atoms with Crippen molar-refractivity contribution < 1.29 is 4.79 Å². The molecule has 0 fully saturated rings. The summed E-state index contributed by atoms with van der Waals surface area (Å²) in [5, 5.41) is 10.4. The average molecular weight is 300 g/mol. The Morgan fingerprint density at radius 2 is 2.00 bits per heavy atom. The first kappa shape index (κ1) is 16.1. The molecule has 0 saturated heterocycles. The van der Waals surface area contributed by atoms with Gasteiger partial charge in [0.15, 0.2) is 0 Å². The van der Waals surface area contributed by atoms with Gasteiger partial charge in [0.05, 0.1) is 11.9 Å². The van der Waals surface area contributed by atoms with Crippen LogP contribution in [0.5, 0.6) is 0 Å².